The van der Waals surface area contributed by atoms with Crippen LogP contribution in [0.4, 0.5) is 5.13 Å². The molecule has 1 saturated heterocycles. The van der Waals surface area contributed by atoms with Crippen LogP contribution < -0.4 is 5.32 Å². The van der Waals surface area contributed by atoms with Gasteiger partial charge in [-0.15, -0.1) is 10.2 Å². The summed E-state index contributed by atoms with van der Waals surface area (Å²) in [6.07, 6.45) is 0. The van der Waals surface area contributed by atoms with Crippen molar-refractivity contribution in [3.63, 3.8) is 0 Å². The highest BCUT2D eigenvalue weighted by Crippen LogP contribution is 2.26. The van der Waals surface area contributed by atoms with E-state index in [-0.39, 0.29) is 40.5 Å². The number of nitrogens with one attached hydrogen (secondary N) is 1. The summed E-state index contributed by atoms with van der Waals surface area (Å²) in [5.74, 6) is -0.421. The summed E-state index contributed by atoms with van der Waals surface area (Å²) in [6, 6.07) is 14.9. The zero-order chi connectivity index (χ0) is 23.6. The maximum absolute atomic E-state index is 13.0. The van der Waals surface area contributed by atoms with Crippen LogP contribution in [0.5, 0.6) is 0 Å². The summed E-state index contributed by atoms with van der Waals surface area (Å²) in [4.78, 5) is 12.5. The minimum atomic E-state index is -3.98. The summed E-state index contributed by atoms with van der Waals surface area (Å²) in [7, 11) is -7.67. The first-order valence-corrected chi connectivity index (χ1v) is 13.6. The van der Waals surface area contributed by atoms with E-state index in [1.54, 1.807) is 42.5 Å². The Bertz CT molecular complexity index is 1350. The van der Waals surface area contributed by atoms with Crippen LogP contribution in [0.25, 0.3) is 0 Å². The van der Waals surface area contributed by atoms with Gasteiger partial charge in [0.25, 0.3) is 15.9 Å². The number of piperazine rings is 1. The first-order valence-electron chi connectivity index (χ1n) is 9.95. The van der Waals surface area contributed by atoms with Crippen molar-refractivity contribution in [2.24, 2.45) is 0 Å². The molecule has 0 atom stereocenters. The van der Waals surface area contributed by atoms with Crippen LogP contribution in [0.2, 0.25) is 0 Å². The molecule has 0 saturated carbocycles. The molecular weight excluding hydrogens is 486 g/mol. The molecule has 1 N–H and O–H groups in total. The van der Waals surface area contributed by atoms with Gasteiger partial charge in [0.2, 0.25) is 19.5 Å². The summed E-state index contributed by atoms with van der Waals surface area (Å²) < 4.78 is 53.6. The molecule has 174 valence electrons. The topological polar surface area (TPSA) is 130 Å². The molecule has 13 heteroatoms. The van der Waals surface area contributed by atoms with Gasteiger partial charge in [-0.25, -0.2) is 16.8 Å². The smallest absolute Gasteiger partial charge is 0.272 e. The second kappa shape index (κ2) is 9.27. The summed E-state index contributed by atoms with van der Waals surface area (Å²) in [6.45, 7) is 1.91. The number of carbonyl (C=O) groups is 1. The molecule has 2 heterocycles. The molecule has 1 aromatic heterocycles. The van der Waals surface area contributed by atoms with Crippen LogP contribution in [0.15, 0.2) is 63.8 Å². The normalized spacial score (nSPS) is 15.9. The predicted octanol–water partition coefficient (Wildman–Crippen LogP) is 1.79. The van der Waals surface area contributed by atoms with E-state index in [1.165, 1.54) is 20.7 Å². The number of hydrogen-bond acceptors (Lipinski definition) is 8. The number of anilines is 1. The number of sulfonamides is 2. The number of rotatable bonds is 6. The molecule has 0 aliphatic carbocycles. The minimum absolute atomic E-state index is 0.0148. The van der Waals surface area contributed by atoms with Crippen LogP contribution in [0.1, 0.15) is 15.9 Å². The van der Waals surface area contributed by atoms with Crippen LogP contribution in [0, 0.1) is 6.92 Å². The van der Waals surface area contributed by atoms with Crippen molar-refractivity contribution in [3.05, 3.63) is 65.7 Å². The first kappa shape index (κ1) is 23.4. The lowest BCUT2D eigenvalue weighted by Crippen LogP contribution is -2.50. The Hall–Kier alpha value is -2.71. The molecule has 10 nitrogen and oxygen atoms in total. The summed E-state index contributed by atoms with van der Waals surface area (Å²) in [5, 5.41) is 10.1. The molecule has 4 rings (SSSR count). The lowest BCUT2D eigenvalue weighted by Gasteiger charge is -2.32. The highest BCUT2D eigenvalue weighted by Gasteiger charge is 2.35. The lowest BCUT2D eigenvalue weighted by molar-refractivity contribution is 0.102. The van der Waals surface area contributed by atoms with Crippen LogP contribution >= 0.6 is 11.3 Å². The minimum Gasteiger partial charge on any atom is -0.296 e. The van der Waals surface area contributed by atoms with Gasteiger partial charge < -0.3 is 0 Å². The summed E-state index contributed by atoms with van der Waals surface area (Å²) in [5.41, 5.74) is 1.42. The quantitative estimate of drug-likeness (QED) is 0.504. The Labute approximate surface area is 196 Å². The van der Waals surface area contributed by atoms with Crippen molar-refractivity contribution >= 4 is 42.4 Å². The maximum Gasteiger partial charge on any atom is 0.272 e. The second-order valence-electron chi connectivity index (χ2n) is 7.31. The molecule has 1 aliphatic rings. The van der Waals surface area contributed by atoms with Gasteiger partial charge in [0.05, 0.1) is 4.90 Å². The molecule has 0 spiro atoms. The van der Waals surface area contributed by atoms with Crippen molar-refractivity contribution in [3.8, 4) is 0 Å². The van der Waals surface area contributed by atoms with E-state index in [9.17, 15) is 21.6 Å². The van der Waals surface area contributed by atoms with E-state index in [0.717, 1.165) is 16.9 Å². The van der Waals surface area contributed by atoms with Gasteiger partial charge in [0, 0.05) is 31.7 Å². The average molecular weight is 508 g/mol. The number of aromatic nitrogens is 2. The maximum atomic E-state index is 13.0. The number of aryl methyl sites for hydroxylation is 1. The Morgan fingerprint density at radius 3 is 2.03 bits per heavy atom. The molecule has 0 bridgehead atoms. The standard InChI is InChI=1S/C20H21N5O5S3/c1-15-7-9-16(10-8-15)18(26)21-19-22-23-20(31-19)33(29,30)25-13-11-24(12-14-25)32(27,28)17-5-3-2-4-6-17/h2-10H,11-14H2,1H3,(H,21,22,26). The number of carbonyl (C=O) groups excluding carboxylic acids is 1. The Balaban J connectivity index is 1.42. The number of hydrogen-bond donors (Lipinski definition) is 1. The predicted molar refractivity (Wildman–Crippen MR) is 123 cm³/mol. The van der Waals surface area contributed by atoms with Crippen molar-refractivity contribution in [2.45, 2.75) is 16.2 Å². The monoisotopic (exact) mass is 507 g/mol. The zero-order valence-corrected chi connectivity index (χ0v) is 20.0. The third kappa shape index (κ3) is 4.96. The van der Waals surface area contributed by atoms with Crippen LogP contribution in [-0.2, 0) is 20.0 Å². The Morgan fingerprint density at radius 1 is 0.848 bits per heavy atom. The van der Waals surface area contributed by atoms with Gasteiger partial charge >= 0.3 is 0 Å². The van der Waals surface area contributed by atoms with Crippen molar-refractivity contribution in [1.29, 1.82) is 0 Å². The second-order valence-corrected chi connectivity index (χ2v) is 12.3. The van der Waals surface area contributed by atoms with E-state index in [1.807, 2.05) is 6.92 Å². The molecule has 1 fully saturated rings. The number of nitrogens with zero attached hydrogens (tertiary/aromatic N) is 4. The van der Waals surface area contributed by atoms with Gasteiger partial charge in [-0.05, 0) is 31.2 Å². The first-order chi connectivity index (χ1) is 15.7. The van der Waals surface area contributed by atoms with Gasteiger partial charge in [0.15, 0.2) is 0 Å². The van der Waals surface area contributed by atoms with Crippen molar-refractivity contribution in [2.75, 3.05) is 31.5 Å². The molecular formula is C20H21N5O5S3. The fourth-order valence-electron chi connectivity index (χ4n) is 3.24. The number of benzene rings is 2. The molecule has 33 heavy (non-hydrogen) atoms. The van der Waals surface area contributed by atoms with Gasteiger partial charge in [-0.1, -0.05) is 47.2 Å². The summed E-state index contributed by atoms with van der Waals surface area (Å²) >= 11 is 0.747. The number of amides is 1. The van der Waals surface area contributed by atoms with Crippen molar-refractivity contribution in [1.82, 2.24) is 18.8 Å². The van der Waals surface area contributed by atoms with E-state index in [0.29, 0.717) is 5.56 Å². The van der Waals surface area contributed by atoms with E-state index in [4.69, 9.17) is 0 Å². The van der Waals surface area contributed by atoms with Crippen molar-refractivity contribution < 1.29 is 21.6 Å². The molecule has 0 unspecified atom stereocenters. The molecule has 0 radical (unpaired) electrons. The molecule has 3 aromatic rings. The Morgan fingerprint density at radius 2 is 1.42 bits per heavy atom. The van der Waals surface area contributed by atoms with Crippen LogP contribution in [-0.4, -0.2) is 67.7 Å². The highest BCUT2D eigenvalue weighted by atomic mass is 32.2. The fraction of sp³-hybridized carbons (Fsp3) is 0.250. The Kier molecular flexibility index (Phi) is 6.59. The lowest BCUT2D eigenvalue weighted by atomic mass is 10.1. The van der Waals surface area contributed by atoms with E-state index >= 15 is 0 Å². The van der Waals surface area contributed by atoms with Gasteiger partial charge in [0.1, 0.15) is 0 Å². The van der Waals surface area contributed by atoms with Gasteiger partial charge in [-0.3, -0.25) is 10.1 Å². The third-order valence-electron chi connectivity index (χ3n) is 5.08. The highest BCUT2D eigenvalue weighted by molar-refractivity contribution is 7.91. The SMILES string of the molecule is Cc1ccc(C(=O)Nc2nnc(S(=O)(=O)N3CCN(S(=O)(=O)c4ccccc4)CC3)s2)cc1. The fourth-order valence-corrected chi connectivity index (χ4v) is 7.14. The van der Waals surface area contributed by atoms with E-state index < -0.39 is 26.0 Å². The largest absolute Gasteiger partial charge is 0.296 e. The average Bonchev–Trinajstić information content (AvgIpc) is 3.29. The third-order valence-corrected chi connectivity index (χ3v) is 10.1. The molecule has 1 amide bonds. The zero-order valence-electron chi connectivity index (χ0n) is 17.6. The molecule has 2 aromatic carbocycles. The van der Waals surface area contributed by atoms with Crippen LogP contribution in [0.3, 0.4) is 0 Å². The van der Waals surface area contributed by atoms with Gasteiger partial charge in [-0.2, -0.15) is 8.61 Å². The molecule has 1 aliphatic heterocycles. The van der Waals surface area contributed by atoms with E-state index in [2.05, 4.69) is 15.5 Å².